The van der Waals surface area contributed by atoms with Gasteiger partial charge < -0.3 is 15.5 Å². The van der Waals surface area contributed by atoms with Crippen LogP contribution >= 0.6 is 0 Å². The lowest BCUT2D eigenvalue weighted by molar-refractivity contribution is 0.0934. The number of aromatic nitrogens is 1. The van der Waals surface area contributed by atoms with Gasteiger partial charge in [-0.15, -0.1) is 0 Å². The minimum atomic E-state index is -0.135. The van der Waals surface area contributed by atoms with E-state index in [1.165, 1.54) is 5.69 Å². The second-order valence-electron chi connectivity index (χ2n) is 6.06. The maximum Gasteiger partial charge on any atom is 0.270 e. The van der Waals surface area contributed by atoms with E-state index >= 15 is 0 Å². The summed E-state index contributed by atoms with van der Waals surface area (Å²) in [6.45, 7) is 10.3. The Balaban J connectivity index is 2.00. The van der Waals surface area contributed by atoms with E-state index in [2.05, 4.69) is 58.6 Å². The number of benzene rings is 1. The number of anilines is 3. The molecule has 0 spiro atoms. The van der Waals surface area contributed by atoms with E-state index in [-0.39, 0.29) is 11.9 Å². The average molecular weight is 340 g/mol. The molecule has 0 radical (unpaired) electrons. The zero-order valence-electron chi connectivity index (χ0n) is 15.5. The Morgan fingerprint density at radius 1 is 1.04 bits per heavy atom. The third kappa shape index (κ3) is 5.21. The second kappa shape index (κ2) is 9.06. The lowest BCUT2D eigenvalue weighted by Gasteiger charge is -2.21. The number of carbonyl (C=O) groups is 1. The van der Waals surface area contributed by atoms with Crippen molar-refractivity contribution in [3.63, 3.8) is 0 Å². The SMILES string of the molecule is CCC(C)NC(=O)c1ccc(Nc2ccc(N(CC)CC)cc2)cn1. The molecule has 1 atom stereocenters. The van der Waals surface area contributed by atoms with Gasteiger partial charge in [-0.3, -0.25) is 4.79 Å². The first-order valence-corrected chi connectivity index (χ1v) is 8.96. The summed E-state index contributed by atoms with van der Waals surface area (Å²) >= 11 is 0. The summed E-state index contributed by atoms with van der Waals surface area (Å²) in [5.41, 5.74) is 3.50. The molecular weight excluding hydrogens is 312 g/mol. The highest BCUT2D eigenvalue weighted by Crippen LogP contribution is 2.21. The van der Waals surface area contributed by atoms with Crippen LogP contribution in [0.3, 0.4) is 0 Å². The van der Waals surface area contributed by atoms with Gasteiger partial charge >= 0.3 is 0 Å². The molecule has 1 aromatic heterocycles. The number of nitrogens with zero attached hydrogens (tertiary/aromatic N) is 2. The minimum absolute atomic E-state index is 0.135. The van der Waals surface area contributed by atoms with Crippen molar-refractivity contribution in [2.75, 3.05) is 23.3 Å². The van der Waals surface area contributed by atoms with E-state index < -0.39 is 0 Å². The lowest BCUT2D eigenvalue weighted by Crippen LogP contribution is -2.32. The van der Waals surface area contributed by atoms with Crippen LogP contribution in [0.1, 0.15) is 44.6 Å². The molecule has 1 aromatic carbocycles. The van der Waals surface area contributed by atoms with Crippen LogP contribution in [0.2, 0.25) is 0 Å². The topological polar surface area (TPSA) is 57.3 Å². The molecular formula is C20H28N4O. The van der Waals surface area contributed by atoms with Gasteiger partial charge in [0.1, 0.15) is 5.69 Å². The summed E-state index contributed by atoms with van der Waals surface area (Å²) in [4.78, 5) is 18.6. The Kier molecular flexibility index (Phi) is 6.81. The molecule has 134 valence electrons. The van der Waals surface area contributed by atoms with Crippen LogP contribution in [0, 0.1) is 0 Å². The molecule has 0 aliphatic carbocycles. The highest BCUT2D eigenvalue weighted by Gasteiger charge is 2.09. The number of hydrogen-bond donors (Lipinski definition) is 2. The molecule has 2 aromatic rings. The third-order valence-corrected chi connectivity index (χ3v) is 4.27. The molecule has 0 saturated carbocycles. The molecule has 5 nitrogen and oxygen atoms in total. The molecule has 5 heteroatoms. The van der Waals surface area contributed by atoms with Crippen molar-refractivity contribution in [1.29, 1.82) is 0 Å². The summed E-state index contributed by atoms with van der Waals surface area (Å²) in [6, 6.07) is 12.1. The van der Waals surface area contributed by atoms with E-state index in [1.54, 1.807) is 12.3 Å². The van der Waals surface area contributed by atoms with E-state index in [0.29, 0.717) is 5.69 Å². The van der Waals surface area contributed by atoms with Gasteiger partial charge in [-0.2, -0.15) is 0 Å². The van der Waals surface area contributed by atoms with Gasteiger partial charge in [0.05, 0.1) is 11.9 Å². The highest BCUT2D eigenvalue weighted by molar-refractivity contribution is 5.92. The van der Waals surface area contributed by atoms with E-state index in [1.807, 2.05) is 19.9 Å². The first-order chi connectivity index (χ1) is 12.1. The fourth-order valence-corrected chi connectivity index (χ4v) is 2.51. The molecule has 0 saturated heterocycles. The predicted octanol–water partition coefficient (Wildman–Crippen LogP) is 4.20. The fourth-order valence-electron chi connectivity index (χ4n) is 2.51. The van der Waals surface area contributed by atoms with Gasteiger partial charge in [-0.05, 0) is 63.6 Å². The number of hydrogen-bond acceptors (Lipinski definition) is 4. The van der Waals surface area contributed by atoms with Crippen molar-refractivity contribution in [2.45, 2.75) is 40.2 Å². The number of amides is 1. The van der Waals surface area contributed by atoms with Crippen molar-refractivity contribution >= 4 is 23.0 Å². The van der Waals surface area contributed by atoms with Gasteiger partial charge in [0.2, 0.25) is 0 Å². The van der Waals surface area contributed by atoms with Gasteiger partial charge in [0, 0.05) is 30.5 Å². The molecule has 0 fully saturated rings. The molecule has 2 N–H and O–H groups in total. The van der Waals surface area contributed by atoms with Crippen LogP contribution in [0.15, 0.2) is 42.6 Å². The average Bonchev–Trinajstić information content (AvgIpc) is 2.64. The standard InChI is InChI=1S/C20H28N4O/c1-5-15(4)22-20(25)19-13-10-17(14-21-19)23-16-8-11-18(12-9-16)24(6-2)7-3/h8-15,23H,5-7H2,1-4H3,(H,22,25). The van der Waals surface area contributed by atoms with Crippen LogP contribution in [0.5, 0.6) is 0 Å². The van der Waals surface area contributed by atoms with Crippen LogP contribution in [0.4, 0.5) is 17.1 Å². The molecule has 0 aliphatic heterocycles. The molecule has 25 heavy (non-hydrogen) atoms. The number of rotatable bonds is 8. The first-order valence-electron chi connectivity index (χ1n) is 8.96. The Hall–Kier alpha value is -2.56. The van der Waals surface area contributed by atoms with Crippen LogP contribution in [0.25, 0.3) is 0 Å². The maximum atomic E-state index is 12.0. The molecule has 1 unspecified atom stereocenters. The van der Waals surface area contributed by atoms with Crippen LogP contribution < -0.4 is 15.5 Å². The van der Waals surface area contributed by atoms with E-state index in [9.17, 15) is 4.79 Å². The predicted molar refractivity (Wildman–Crippen MR) is 105 cm³/mol. The van der Waals surface area contributed by atoms with E-state index in [4.69, 9.17) is 0 Å². The van der Waals surface area contributed by atoms with Gasteiger partial charge in [-0.1, -0.05) is 6.92 Å². The summed E-state index contributed by atoms with van der Waals surface area (Å²) in [6.07, 6.45) is 2.58. The van der Waals surface area contributed by atoms with Crippen molar-refractivity contribution in [3.8, 4) is 0 Å². The second-order valence-corrected chi connectivity index (χ2v) is 6.06. The molecule has 2 rings (SSSR count). The van der Waals surface area contributed by atoms with Crippen molar-refractivity contribution in [1.82, 2.24) is 10.3 Å². The molecule has 1 amide bonds. The Morgan fingerprint density at radius 2 is 1.68 bits per heavy atom. The Morgan fingerprint density at radius 3 is 2.20 bits per heavy atom. The summed E-state index contributed by atoms with van der Waals surface area (Å²) in [5.74, 6) is -0.135. The summed E-state index contributed by atoms with van der Waals surface area (Å²) in [7, 11) is 0. The van der Waals surface area contributed by atoms with Gasteiger partial charge in [-0.25, -0.2) is 4.98 Å². The number of nitrogens with one attached hydrogen (secondary N) is 2. The third-order valence-electron chi connectivity index (χ3n) is 4.27. The van der Waals surface area contributed by atoms with E-state index in [0.717, 1.165) is 30.9 Å². The minimum Gasteiger partial charge on any atom is -0.372 e. The van der Waals surface area contributed by atoms with Crippen LogP contribution in [-0.2, 0) is 0 Å². The van der Waals surface area contributed by atoms with Crippen molar-refractivity contribution < 1.29 is 4.79 Å². The molecule has 0 bridgehead atoms. The molecule has 1 heterocycles. The molecule has 0 aliphatic rings. The Bertz CT molecular complexity index is 663. The van der Waals surface area contributed by atoms with Crippen molar-refractivity contribution in [3.05, 3.63) is 48.3 Å². The monoisotopic (exact) mass is 340 g/mol. The maximum absolute atomic E-state index is 12.0. The summed E-state index contributed by atoms with van der Waals surface area (Å²) < 4.78 is 0. The normalized spacial score (nSPS) is 11.7. The zero-order chi connectivity index (χ0) is 18.2. The van der Waals surface area contributed by atoms with Crippen LogP contribution in [-0.4, -0.2) is 30.0 Å². The number of pyridine rings is 1. The quantitative estimate of drug-likeness (QED) is 0.756. The zero-order valence-corrected chi connectivity index (χ0v) is 15.5. The smallest absolute Gasteiger partial charge is 0.270 e. The first kappa shape index (κ1) is 18.8. The lowest BCUT2D eigenvalue weighted by atomic mass is 10.2. The fraction of sp³-hybridized carbons (Fsp3) is 0.400. The van der Waals surface area contributed by atoms with Gasteiger partial charge in [0.25, 0.3) is 5.91 Å². The number of carbonyl (C=O) groups excluding carboxylic acids is 1. The highest BCUT2D eigenvalue weighted by atomic mass is 16.1. The largest absolute Gasteiger partial charge is 0.372 e. The van der Waals surface area contributed by atoms with Crippen molar-refractivity contribution in [2.24, 2.45) is 0 Å². The summed E-state index contributed by atoms with van der Waals surface area (Å²) in [5, 5.41) is 6.23. The van der Waals surface area contributed by atoms with Gasteiger partial charge in [0.15, 0.2) is 0 Å². The Labute approximate surface area is 150 Å².